The summed E-state index contributed by atoms with van der Waals surface area (Å²) in [6.45, 7) is 9.01. The van der Waals surface area contributed by atoms with Crippen LogP contribution in [0.5, 0.6) is 0 Å². The molecular weight excluding hydrogens is 472 g/mol. The van der Waals surface area contributed by atoms with E-state index in [0.717, 1.165) is 11.4 Å². The van der Waals surface area contributed by atoms with Gasteiger partial charge >= 0.3 is 20.1 Å². The van der Waals surface area contributed by atoms with Gasteiger partial charge in [-0.2, -0.15) is 0 Å². The standard InChI is InChI=1S/C21H24N2.Ir/c1-15(2)18-11-8-12-19(16(3)4)20(18)23-14-13-22-21(23)17-9-6-5-7-10-17;/h5-16H,1-4H3;/q;+3. The van der Waals surface area contributed by atoms with Crippen LogP contribution in [0.2, 0.25) is 0 Å². The zero-order chi connectivity index (χ0) is 16.4. The Kier molecular flexibility index (Phi) is 6.15. The molecule has 0 unspecified atom stereocenters. The van der Waals surface area contributed by atoms with E-state index in [9.17, 15) is 0 Å². The minimum Gasteiger partial charge on any atom is -0.299 e. The molecular formula is C21H24IrN2+3. The van der Waals surface area contributed by atoms with Crippen LogP contribution >= 0.6 is 0 Å². The summed E-state index contributed by atoms with van der Waals surface area (Å²) < 4.78 is 2.25. The van der Waals surface area contributed by atoms with Crippen LogP contribution in [0.25, 0.3) is 17.1 Å². The average molecular weight is 497 g/mol. The maximum absolute atomic E-state index is 4.63. The molecule has 3 heteroatoms. The molecule has 24 heavy (non-hydrogen) atoms. The Labute approximate surface area is 158 Å². The van der Waals surface area contributed by atoms with Gasteiger partial charge in [0, 0.05) is 18.0 Å². The summed E-state index contributed by atoms with van der Waals surface area (Å²) in [5, 5.41) is 0. The molecule has 0 saturated heterocycles. The normalized spacial score (nSPS) is 10.9. The van der Waals surface area contributed by atoms with E-state index in [1.165, 1.54) is 16.8 Å². The van der Waals surface area contributed by atoms with E-state index < -0.39 is 0 Å². The van der Waals surface area contributed by atoms with Gasteiger partial charge in [-0.15, -0.1) is 0 Å². The van der Waals surface area contributed by atoms with E-state index in [1.807, 2.05) is 12.3 Å². The van der Waals surface area contributed by atoms with E-state index in [0.29, 0.717) is 11.8 Å². The minimum absolute atomic E-state index is 0. The van der Waals surface area contributed by atoms with Crippen molar-refractivity contribution < 1.29 is 20.1 Å². The molecule has 0 aliphatic heterocycles. The summed E-state index contributed by atoms with van der Waals surface area (Å²) in [5.41, 5.74) is 5.16. The van der Waals surface area contributed by atoms with E-state index in [4.69, 9.17) is 0 Å². The van der Waals surface area contributed by atoms with Crippen LogP contribution in [0.1, 0.15) is 50.7 Å². The predicted molar refractivity (Wildman–Crippen MR) is 97.2 cm³/mol. The van der Waals surface area contributed by atoms with Crippen molar-refractivity contribution in [3.8, 4) is 17.1 Å². The Morgan fingerprint density at radius 3 is 1.92 bits per heavy atom. The first-order valence-corrected chi connectivity index (χ1v) is 8.31. The molecule has 0 N–H and O–H groups in total. The van der Waals surface area contributed by atoms with Crippen molar-refractivity contribution in [1.29, 1.82) is 0 Å². The van der Waals surface area contributed by atoms with Gasteiger partial charge in [0.05, 0.1) is 5.69 Å². The molecule has 0 saturated carbocycles. The maximum atomic E-state index is 4.63. The van der Waals surface area contributed by atoms with Gasteiger partial charge < -0.3 is 0 Å². The first-order valence-electron chi connectivity index (χ1n) is 8.31. The Hall–Kier alpha value is -1.70. The Balaban J connectivity index is 0.00000208. The van der Waals surface area contributed by atoms with Gasteiger partial charge in [0.25, 0.3) is 0 Å². The fourth-order valence-electron chi connectivity index (χ4n) is 3.07. The van der Waals surface area contributed by atoms with Crippen molar-refractivity contribution in [3.05, 3.63) is 72.1 Å². The predicted octanol–water partition coefficient (Wildman–Crippen LogP) is 5.78. The largest absolute Gasteiger partial charge is 3.00 e. The molecule has 2 aromatic carbocycles. The number of hydrogen-bond donors (Lipinski definition) is 0. The molecule has 124 valence electrons. The van der Waals surface area contributed by atoms with Gasteiger partial charge in [0.15, 0.2) is 0 Å². The number of hydrogen-bond acceptors (Lipinski definition) is 1. The van der Waals surface area contributed by atoms with Gasteiger partial charge in [-0.05, 0) is 23.0 Å². The van der Waals surface area contributed by atoms with Crippen LogP contribution in [0, 0.1) is 0 Å². The average Bonchev–Trinajstić information content (AvgIpc) is 3.04. The summed E-state index contributed by atoms with van der Waals surface area (Å²) in [6.07, 6.45) is 3.97. The molecule has 1 heterocycles. The molecule has 0 radical (unpaired) electrons. The third kappa shape index (κ3) is 3.53. The molecule has 0 aliphatic rings. The van der Waals surface area contributed by atoms with Crippen molar-refractivity contribution in [2.75, 3.05) is 0 Å². The molecule has 2 nitrogen and oxygen atoms in total. The van der Waals surface area contributed by atoms with Gasteiger partial charge in [-0.1, -0.05) is 76.2 Å². The SMILES string of the molecule is CC(C)c1cccc(C(C)C)c1-n1ccnc1-c1ccccc1.[Ir+3]. The summed E-state index contributed by atoms with van der Waals surface area (Å²) in [7, 11) is 0. The topological polar surface area (TPSA) is 17.8 Å². The number of rotatable bonds is 4. The second-order valence-electron chi connectivity index (χ2n) is 6.58. The minimum atomic E-state index is 0. The fourth-order valence-corrected chi connectivity index (χ4v) is 3.07. The third-order valence-corrected chi connectivity index (χ3v) is 4.26. The van der Waals surface area contributed by atoms with Crippen LogP contribution in [0.3, 0.4) is 0 Å². The third-order valence-electron chi connectivity index (χ3n) is 4.26. The quantitative estimate of drug-likeness (QED) is 0.448. The van der Waals surface area contributed by atoms with Crippen molar-refractivity contribution >= 4 is 0 Å². The number of imidazole rings is 1. The summed E-state index contributed by atoms with van der Waals surface area (Å²) in [6, 6.07) is 17.0. The van der Waals surface area contributed by atoms with Crippen molar-refractivity contribution in [3.63, 3.8) is 0 Å². The van der Waals surface area contributed by atoms with Gasteiger partial charge in [-0.25, -0.2) is 4.98 Å². The van der Waals surface area contributed by atoms with Crippen LogP contribution in [-0.4, -0.2) is 9.55 Å². The summed E-state index contributed by atoms with van der Waals surface area (Å²) in [5.74, 6) is 1.94. The van der Waals surface area contributed by atoms with Crippen molar-refractivity contribution in [1.82, 2.24) is 9.55 Å². The van der Waals surface area contributed by atoms with E-state index >= 15 is 0 Å². The second-order valence-corrected chi connectivity index (χ2v) is 6.58. The zero-order valence-corrected chi connectivity index (χ0v) is 17.1. The van der Waals surface area contributed by atoms with Crippen LogP contribution < -0.4 is 0 Å². The number of nitrogens with zero attached hydrogens (tertiary/aromatic N) is 2. The molecule has 3 rings (SSSR count). The zero-order valence-electron chi connectivity index (χ0n) is 14.7. The molecule has 0 atom stereocenters. The van der Waals surface area contributed by atoms with E-state index in [1.54, 1.807) is 0 Å². The van der Waals surface area contributed by atoms with Crippen LogP contribution in [-0.2, 0) is 20.1 Å². The van der Waals surface area contributed by atoms with Crippen molar-refractivity contribution in [2.45, 2.75) is 39.5 Å². The maximum Gasteiger partial charge on any atom is 3.00 e. The first kappa shape index (κ1) is 18.6. The van der Waals surface area contributed by atoms with Gasteiger partial charge in [0.1, 0.15) is 5.82 Å². The van der Waals surface area contributed by atoms with Crippen molar-refractivity contribution in [2.24, 2.45) is 0 Å². The summed E-state index contributed by atoms with van der Waals surface area (Å²) >= 11 is 0. The first-order chi connectivity index (χ1) is 11.1. The second kappa shape index (κ2) is 7.92. The Morgan fingerprint density at radius 1 is 0.792 bits per heavy atom. The fraction of sp³-hybridized carbons (Fsp3) is 0.286. The molecule has 1 aromatic heterocycles. The van der Waals surface area contributed by atoms with Gasteiger partial charge in [-0.3, -0.25) is 4.57 Å². The molecule has 0 amide bonds. The molecule has 0 fully saturated rings. The molecule has 0 aliphatic carbocycles. The Morgan fingerprint density at radius 2 is 1.38 bits per heavy atom. The van der Waals surface area contributed by atoms with Crippen LogP contribution in [0.4, 0.5) is 0 Å². The molecule has 0 bridgehead atoms. The monoisotopic (exact) mass is 497 g/mol. The van der Waals surface area contributed by atoms with E-state index in [2.05, 4.69) is 85.9 Å². The molecule has 3 aromatic rings. The number of aromatic nitrogens is 2. The number of benzene rings is 2. The van der Waals surface area contributed by atoms with Gasteiger partial charge in [0.2, 0.25) is 0 Å². The van der Waals surface area contributed by atoms with E-state index in [-0.39, 0.29) is 20.1 Å². The number of para-hydroxylation sites is 1. The van der Waals surface area contributed by atoms with Crippen LogP contribution in [0.15, 0.2) is 60.9 Å². The smallest absolute Gasteiger partial charge is 0.299 e. The Bertz CT molecular complexity index is 762. The summed E-state index contributed by atoms with van der Waals surface area (Å²) in [4.78, 5) is 4.63. The molecule has 0 spiro atoms.